The van der Waals surface area contributed by atoms with Crippen LogP contribution in [0.15, 0.2) is 24.3 Å². The van der Waals surface area contributed by atoms with Crippen molar-refractivity contribution in [3.05, 3.63) is 33.4 Å². The number of benzene rings is 1. The van der Waals surface area contributed by atoms with Gasteiger partial charge in [-0.2, -0.15) is 0 Å². The number of rotatable bonds is 6. The van der Waals surface area contributed by atoms with Gasteiger partial charge in [0.2, 0.25) is 0 Å². The molecule has 0 amide bonds. The number of nitrogens with one attached hydrogen (secondary N) is 1. The van der Waals surface area contributed by atoms with E-state index in [0.717, 1.165) is 13.2 Å². The van der Waals surface area contributed by atoms with E-state index >= 15 is 0 Å². The Balaban J connectivity index is 2.64. The second kappa shape index (κ2) is 7.25. The van der Waals surface area contributed by atoms with Crippen LogP contribution < -0.4 is 5.32 Å². The summed E-state index contributed by atoms with van der Waals surface area (Å²) in [6.07, 6.45) is 0.282. The molecule has 0 saturated heterocycles. The molecule has 0 radical (unpaired) electrons. The molecule has 0 saturated carbocycles. The van der Waals surface area contributed by atoms with Gasteiger partial charge in [-0.1, -0.05) is 19.1 Å². The summed E-state index contributed by atoms with van der Waals surface area (Å²) in [6.45, 7) is 7.94. The van der Waals surface area contributed by atoms with Crippen molar-refractivity contribution < 1.29 is 4.74 Å². The first kappa shape index (κ1) is 13.9. The van der Waals surface area contributed by atoms with Gasteiger partial charge in [-0.25, -0.2) is 0 Å². The van der Waals surface area contributed by atoms with Crippen molar-refractivity contribution in [3.63, 3.8) is 0 Å². The highest BCUT2D eigenvalue weighted by atomic mass is 127. The van der Waals surface area contributed by atoms with Crippen molar-refractivity contribution in [3.8, 4) is 0 Å². The van der Waals surface area contributed by atoms with Crippen LogP contribution in [0.4, 0.5) is 0 Å². The summed E-state index contributed by atoms with van der Waals surface area (Å²) < 4.78 is 6.94. The van der Waals surface area contributed by atoms with E-state index < -0.39 is 0 Å². The quantitative estimate of drug-likeness (QED) is 0.806. The summed E-state index contributed by atoms with van der Waals surface area (Å²) in [6, 6.07) is 8.90. The third kappa shape index (κ3) is 4.80. The van der Waals surface area contributed by atoms with E-state index in [-0.39, 0.29) is 6.10 Å². The van der Waals surface area contributed by atoms with E-state index in [2.05, 4.69) is 72.9 Å². The smallest absolute Gasteiger partial charge is 0.0664 e. The Labute approximate surface area is 112 Å². The number of likely N-dealkylation sites (N-methyl/N-ethyl adjacent to an activating group) is 1. The van der Waals surface area contributed by atoms with Crippen LogP contribution in [0.2, 0.25) is 0 Å². The maximum Gasteiger partial charge on any atom is 0.0664 e. The van der Waals surface area contributed by atoms with Crippen LogP contribution in [0, 0.1) is 3.57 Å². The first-order valence-corrected chi connectivity index (χ1v) is 6.81. The van der Waals surface area contributed by atoms with E-state index in [1.54, 1.807) is 0 Å². The minimum absolute atomic E-state index is 0.282. The van der Waals surface area contributed by atoms with Crippen molar-refractivity contribution in [2.45, 2.75) is 32.9 Å². The molecule has 2 nitrogen and oxygen atoms in total. The number of hydrogen-bond acceptors (Lipinski definition) is 2. The van der Waals surface area contributed by atoms with Crippen molar-refractivity contribution in [2.75, 3.05) is 13.2 Å². The van der Waals surface area contributed by atoms with Crippen molar-refractivity contribution >= 4 is 22.6 Å². The van der Waals surface area contributed by atoms with Gasteiger partial charge >= 0.3 is 0 Å². The molecule has 1 atom stereocenters. The fourth-order valence-electron chi connectivity index (χ4n) is 1.50. The van der Waals surface area contributed by atoms with E-state index in [0.29, 0.717) is 6.04 Å². The highest BCUT2D eigenvalue weighted by Gasteiger charge is 2.10. The van der Waals surface area contributed by atoms with Gasteiger partial charge in [0.25, 0.3) is 0 Å². The Hall–Kier alpha value is -0.130. The average Bonchev–Trinajstić information content (AvgIpc) is 2.25. The molecule has 3 heteroatoms. The van der Waals surface area contributed by atoms with Gasteiger partial charge in [-0.3, -0.25) is 0 Å². The first-order chi connectivity index (χ1) is 7.63. The second-order valence-electron chi connectivity index (χ2n) is 4.04. The summed E-state index contributed by atoms with van der Waals surface area (Å²) in [5, 5.41) is 3.45. The first-order valence-electron chi connectivity index (χ1n) is 5.74. The second-order valence-corrected chi connectivity index (χ2v) is 5.29. The summed E-state index contributed by atoms with van der Waals surface area (Å²) in [5.74, 6) is 0. The van der Waals surface area contributed by atoms with Crippen molar-refractivity contribution in [1.82, 2.24) is 5.32 Å². The Morgan fingerprint density at radius 2 is 1.88 bits per heavy atom. The van der Waals surface area contributed by atoms with Gasteiger partial charge in [0.05, 0.1) is 18.8 Å². The molecule has 0 bridgehead atoms. The average molecular weight is 333 g/mol. The molecule has 1 aromatic carbocycles. The Bertz CT molecular complexity index is 297. The predicted octanol–water partition coefficient (Wildman–Crippen LogP) is 3.37. The topological polar surface area (TPSA) is 21.3 Å². The van der Waals surface area contributed by atoms with Crippen LogP contribution >= 0.6 is 22.6 Å². The molecule has 1 aromatic rings. The molecule has 0 aliphatic heterocycles. The Kier molecular flexibility index (Phi) is 6.31. The third-order valence-electron chi connectivity index (χ3n) is 2.32. The maximum atomic E-state index is 5.68. The molecule has 0 aromatic heterocycles. The summed E-state index contributed by atoms with van der Waals surface area (Å²) in [5.41, 5.74) is 1.29. The molecule has 0 heterocycles. The standard InChI is InChI=1S/C13H20INO/c1-4-15-13(9-16-10(2)3)11-5-7-12(14)8-6-11/h5-8,10,13,15H,4,9H2,1-3H3. The Morgan fingerprint density at radius 3 is 2.38 bits per heavy atom. The molecule has 90 valence electrons. The predicted molar refractivity (Wildman–Crippen MR) is 76.7 cm³/mol. The molecule has 1 N–H and O–H groups in total. The zero-order valence-corrected chi connectivity index (χ0v) is 12.3. The SMILES string of the molecule is CCNC(COC(C)C)c1ccc(I)cc1. The van der Waals surface area contributed by atoms with Gasteiger partial charge in [0.1, 0.15) is 0 Å². The van der Waals surface area contributed by atoms with E-state index in [1.165, 1.54) is 9.13 Å². The van der Waals surface area contributed by atoms with Crippen molar-refractivity contribution in [1.29, 1.82) is 0 Å². The lowest BCUT2D eigenvalue weighted by molar-refractivity contribution is 0.0614. The van der Waals surface area contributed by atoms with E-state index in [4.69, 9.17) is 4.74 Å². The lowest BCUT2D eigenvalue weighted by atomic mass is 10.1. The Morgan fingerprint density at radius 1 is 1.25 bits per heavy atom. The zero-order chi connectivity index (χ0) is 12.0. The van der Waals surface area contributed by atoms with Crippen LogP contribution in [0.5, 0.6) is 0 Å². The monoisotopic (exact) mass is 333 g/mol. The molecular weight excluding hydrogens is 313 g/mol. The van der Waals surface area contributed by atoms with Gasteiger partial charge in [0.15, 0.2) is 0 Å². The molecule has 0 fully saturated rings. The highest BCUT2D eigenvalue weighted by Crippen LogP contribution is 2.16. The zero-order valence-electron chi connectivity index (χ0n) is 10.2. The number of halogens is 1. The van der Waals surface area contributed by atoms with Crippen LogP contribution in [-0.2, 0) is 4.74 Å². The minimum Gasteiger partial charge on any atom is -0.377 e. The minimum atomic E-state index is 0.282. The molecule has 0 spiro atoms. The molecule has 0 aliphatic carbocycles. The van der Waals surface area contributed by atoms with Crippen LogP contribution in [-0.4, -0.2) is 19.3 Å². The summed E-state index contributed by atoms with van der Waals surface area (Å²) in [7, 11) is 0. The maximum absolute atomic E-state index is 5.68. The van der Waals surface area contributed by atoms with Gasteiger partial charge in [-0.05, 0) is 60.7 Å². The molecule has 16 heavy (non-hydrogen) atoms. The molecular formula is C13H20INO. The van der Waals surface area contributed by atoms with Crippen LogP contribution in [0.3, 0.4) is 0 Å². The normalized spacial score (nSPS) is 13.1. The number of ether oxygens (including phenoxy) is 1. The van der Waals surface area contributed by atoms with Crippen LogP contribution in [0.1, 0.15) is 32.4 Å². The molecule has 1 unspecified atom stereocenters. The van der Waals surface area contributed by atoms with Gasteiger partial charge in [0, 0.05) is 3.57 Å². The fourth-order valence-corrected chi connectivity index (χ4v) is 1.86. The van der Waals surface area contributed by atoms with Crippen LogP contribution in [0.25, 0.3) is 0 Å². The lowest BCUT2D eigenvalue weighted by Gasteiger charge is -2.20. The van der Waals surface area contributed by atoms with Crippen molar-refractivity contribution in [2.24, 2.45) is 0 Å². The summed E-state index contributed by atoms with van der Waals surface area (Å²) >= 11 is 2.32. The molecule has 0 aliphatic rings. The van der Waals surface area contributed by atoms with Gasteiger partial charge in [-0.15, -0.1) is 0 Å². The van der Waals surface area contributed by atoms with Gasteiger partial charge < -0.3 is 10.1 Å². The highest BCUT2D eigenvalue weighted by molar-refractivity contribution is 14.1. The van der Waals surface area contributed by atoms with E-state index in [1.807, 2.05) is 0 Å². The summed E-state index contributed by atoms with van der Waals surface area (Å²) in [4.78, 5) is 0. The lowest BCUT2D eigenvalue weighted by Crippen LogP contribution is -2.26. The molecule has 1 rings (SSSR count). The fraction of sp³-hybridized carbons (Fsp3) is 0.538. The van der Waals surface area contributed by atoms with E-state index in [9.17, 15) is 0 Å². The largest absolute Gasteiger partial charge is 0.377 e. The third-order valence-corrected chi connectivity index (χ3v) is 3.04. The number of hydrogen-bond donors (Lipinski definition) is 1.